The Morgan fingerprint density at radius 2 is 2.06 bits per heavy atom. The number of hydrogen-bond acceptors (Lipinski definition) is 1. The zero-order valence-corrected chi connectivity index (χ0v) is 11.9. The molecule has 1 unspecified atom stereocenters. The van der Waals surface area contributed by atoms with Crippen LogP contribution in [0.25, 0.3) is 0 Å². The average Bonchev–Trinajstić information content (AvgIpc) is 2.33. The smallest absolute Gasteiger partial charge is 0.0932 e. The molecule has 0 aliphatic heterocycles. The molecule has 1 atom stereocenters. The van der Waals surface area contributed by atoms with Crippen molar-refractivity contribution in [1.29, 1.82) is 0 Å². The molecular weight excluding hydrogens is 213 g/mol. The van der Waals surface area contributed by atoms with Crippen molar-refractivity contribution < 1.29 is 4.39 Å². The van der Waals surface area contributed by atoms with Crippen molar-refractivity contribution in [3.63, 3.8) is 0 Å². The van der Waals surface area contributed by atoms with Gasteiger partial charge in [0.15, 0.2) is 0 Å². The average molecular weight is 243 g/mol. The van der Waals surface area contributed by atoms with Crippen LogP contribution in [0.5, 0.6) is 0 Å². The Hall–Kier alpha value is -0.370. The van der Waals surface area contributed by atoms with E-state index in [4.69, 9.17) is 0 Å². The SMILES string of the molecule is CC=C(CCF)CNCC(C)CCCCCC. The lowest BCUT2D eigenvalue weighted by atomic mass is 10.0. The zero-order valence-electron chi connectivity index (χ0n) is 11.9. The quantitative estimate of drug-likeness (QED) is 0.416. The van der Waals surface area contributed by atoms with Crippen LogP contribution in [0.15, 0.2) is 11.6 Å². The van der Waals surface area contributed by atoms with Crippen LogP contribution in [-0.4, -0.2) is 19.8 Å². The molecule has 0 fully saturated rings. The number of nitrogens with one attached hydrogen (secondary N) is 1. The van der Waals surface area contributed by atoms with Crippen LogP contribution in [0.3, 0.4) is 0 Å². The minimum atomic E-state index is -0.242. The van der Waals surface area contributed by atoms with E-state index in [1.807, 2.05) is 13.0 Å². The Labute approximate surface area is 107 Å². The largest absolute Gasteiger partial charge is 0.313 e. The third-order valence-electron chi connectivity index (χ3n) is 3.22. The van der Waals surface area contributed by atoms with Crippen LogP contribution in [0.1, 0.15) is 59.3 Å². The van der Waals surface area contributed by atoms with Crippen molar-refractivity contribution in [1.82, 2.24) is 5.32 Å². The molecule has 0 aromatic carbocycles. The molecule has 1 nitrogen and oxygen atoms in total. The van der Waals surface area contributed by atoms with Crippen LogP contribution in [-0.2, 0) is 0 Å². The molecule has 0 aliphatic rings. The molecule has 17 heavy (non-hydrogen) atoms. The first kappa shape index (κ1) is 16.6. The van der Waals surface area contributed by atoms with Crippen molar-refractivity contribution >= 4 is 0 Å². The molecule has 0 spiro atoms. The van der Waals surface area contributed by atoms with Crippen molar-refractivity contribution in [2.75, 3.05) is 19.8 Å². The maximum atomic E-state index is 12.2. The molecule has 0 saturated heterocycles. The second-order valence-corrected chi connectivity index (χ2v) is 4.97. The summed E-state index contributed by atoms with van der Waals surface area (Å²) in [5.74, 6) is 0.732. The Kier molecular flexibility index (Phi) is 11.8. The predicted molar refractivity (Wildman–Crippen MR) is 75.1 cm³/mol. The monoisotopic (exact) mass is 243 g/mol. The Balaban J connectivity index is 3.46. The number of unbranched alkanes of at least 4 members (excludes halogenated alkanes) is 3. The highest BCUT2D eigenvalue weighted by atomic mass is 19.1. The van der Waals surface area contributed by atoms with Gasteiger partial charge < -0.3 is 5.32 Å². The zero-order chi connectivity index (χ0) is 12.9. The van der Waals surface area contributed by atoms with E-state index < -0.39 is 0 Å². The van der Waals surface area contributed by atoms with E-state index in [2.05, 4.69) is 19.2 Å². The van der Waals surface area contributed by atoms with E-state index >= 15 is 0 Å². The summed E-state index contributed by atoms with van der Waals surface area (Å²) in [5.41, 5.74) is 1.19. The van der Waals surface area contributed by atoms with Gasteiger partial charge in [-0.05, 0) is 32.2 Å². The fourth-order valence-electron chi connectivity index (χ4n) is 1.96. The third kappa shape index (κ3) is 10.5. The van der Waals surface area contributed by atoms with Crippen LogP contribution >= 0.6 is 0 Å². The summed E-state index contributed by atoms with van der Waals surface area (Å²) in [6.45, 7) is 8.18. The molecule has 0 heterocycles. The standard InChI is InChI=1S/C15H30FN/c1-4-6-7-8-9-14(3)12-17-13-15(5-2)10-11-16/h5,14,17H,4,6-13H2,1-3H3. The molecule has 2 heteroatoms. The van der Waals surface area contributed by atoms with Crippen LogP contribution < -0.4 is 5.32 Å². The van der Waals surface area contributed by atoms with E-state index in [1.165, 1.54) is 37.7 Å². The lowest BCUT2D eigenvalue weighted by molar-refractivity contribution is 0.454. The fourth-order valence-corrected chi connectivity index (χ4v) is 1.96. The number of allylic oxidation sites excluding steroid dienone is 1. The summed E-state index contributed by atoms with van der Waals surface area (Å²) < 4.78 is 12.2. The first-order valence-corrected chi connectivity index (χ1v) is 7.15. The van der Waals surface area contributed by atoms with Gasteiger partial charge in [0, 0.05) is 6.54 Å². The predicted octanol–water partition coefficient (Wildman–Crippen LogP) is 4.49. The summed E-state index contributed by atoms with van der Waals surface area (Å²) >= 11 is 0. The van der Waals surface area contributed by atoms with E-state index in [0.717, 1.165) is 19.0 Å². The van der Waals surface area contributed by atoms with Gasteiger partial charge in [-0.1, -0.05) is 51.2 Å². The lowest BCUT2D eigenvalue weighted by Gasteiger charge is -2.13. The maximum Gasteiger partial charge on any atom is 0.0932 e. The van der Waals surface area contributed by atoms with Gasteiger partial charge >= 0.3 is 0 Å². The summed E-state index contributed by atoms with van der Waals surface area (Å²) in [7, 11) is 0. The van der Waals surface area contributed by atoms with Gasteiger partial charge in [-0.2, -0.15) is 0 Å². The number of rotatable bonds is 11. The molecule has 1 N–H and O–H groups in total. The highest BCUT2D eigenvalue weighted by Gasteiger charge is 2.02. The first-order chi connectivity index (χ1) is 8.24. The third-order valence-corrected chi connectivity index (χ3v) is 3.22. The van der Waals surface area contributed by atoms with Crippen molar-refractivity contribution in [3.05, 3.63) is 11.6 Å². The van der Waals surface area contributed by atoms with Gasteiger partial charge in [-0.15, -0.1) is 0 Å². The van der Waals surface area contributed by atoms with Gasteiger partial charge in [-0.25, -0.2) is 0 Å². The maximum absolute atomic E-state index is 12.2. The minimum absolute atomic E-state index is 0.242. The topological polar surface area (TPSA) is 12.0 Å². The minimum Gasteiger partial charge on any atom is -0.313 e. The molecule has 102 valence electrons. The second-order valence-electron chi connectivity index (χ2n) is 4.97. The molecular formula is C15H30FN. The summed E-state index contributed by atoms with van der Waals surface area (Å²) in [4.78, 5) is 0. The molecule has 0 aromatic heterocycles. The Morgan fingerprint density at radius 3 is 2.65 bits per heavy atom. The van der Waals surface area contributed by atoms with Gasteiger partial charge in [0.05, 0.1) is 6.67 Å². The molecule has 0 radical (unpaired) electrons. The van der Waals surface area contributed by atoms with Gasteiger partial charge in [0.25, 0.3) is 0 Å². The van der Waals surface area contributed by atoms with Crippen molar-refractivity contribution in [2.24, 2.45) is 5.92 Å². The summed E-state index contributed by atoms with van der Waals surface area (Å²) in [5, 5.41) is 3.43. The van der Waals surface area contributed by atoms with Gasteiger partial charge in [-0.3, -0.25) is 4.39 Å². The molecule has 0 bridgehead atoms. The van der Waals surface area contributed by atoms with E-state index in [-0.39, 0.29) is 6.67 Å². The Morgan fingerprint density at radius 1 is 1.29 bits per heavy atom. The van der Waals surface area contributed by atoms with Gasteiger partial charge in [0.2, 0.25) is 0 Å². The van der Waals surface area contributed by atoms with Crippen LogP contribution in [0.2, 0.25) is 0 Å². The van der Waals surface area contributed by atoms with Crippen molar-refractivity contribution in [2.45, 2.75) is 59.3 Å². The first-order valence-electron chi connectivity index (χ1n) is 7.15. The van der Waals surface area contributed by atoms with E-state index in [0.29, 0.717) is 6.42 Å². The molecule has 0 amide bonds. The Bertz CT molecular complexity index is 189. The normalized spacial score (nSPS) is 14.0. The van der Waals surface area contributed by atoms with Crippen molar-refractivity contribution in [3.8, 4) is 0 Å². The summed E-state index contributed by atoms with van der Waals surface area (Å²) in [6.07, 6.45) is 9.29. The number of halogens is 1. The van der Waals surface area contributed by atoms with E-state index in [9.17, 15) is 4.39 Å². The molecule has 0 saturated carbocycles. The lowest BCUT2D eigenvalue weighted by Crippen LogP contribution is -2.23. The van der Waals surface area contributed by atoms with E-state index in [1.54, 1.807) is 0 Å². The number of alkyl halides is 1. The fraction of sp³-hybridized carbons (Fsp3) is 0.867. The molecule has 0 aromatic rings. The molecule has 0 rings (SSSR count). The van der Waals surface area contributed by atoms with Gasteiger partial charge in [0.1, 0.15) is 0 Å². The highest BCUT2D eigenvalue weighted by molar-refractivity contribution is 5.02. The molecule has 0 aliphatic carbocycles. The highest BCUT2D eigenvalue weighted by Crippen LogP contribution is 2.09. The summed E-state index contributed by atoms with van der Waals surface area (Å²) in [6, 6.07) is 0. The number of hydrogen-bond donors (Lipinski definition) is 1. The van der Waals surface area contributed by atoms with Crippen LogP contribution in [0, 0.1) is 5.92 Å². The van der Waals surface area contributed by atoms with Crippen LogP contribution in [0.4, 0.5) is 4.39 Å². The second kappa shape index (κ2) is 12.1.